The molecule has 0 fully saturated rings. The van der Waals surface area contributed by atoms with Gasteiger partial charge in [0.25, 0.3) is 0 Å². The van der Waals surface area contributed by atoms with Crippen molar-refractivity contribution in [2.24, 2.45) is 11.7 Å². The fourth-order valence-electron chi connectivity index (χ4n) is 1.79. The normalized spacial score (nSPS) is 12.5. The monoisotopic (exact) mass is 270 g/mol. The summed E-state index contributed by atoms with van der Waals surface area (Å²) in [6.07, 6.45) is 1.04. The van der Waals surface area contributed by atoms with Crippen molar-refractivity contribution >= 4 is 34.5 Å². The highest BCUT2D eigenvalue weighted by molar-refractivity contribution is 7.80. The number of hydrogen-bond donors (Lipinski definition) is 2. The molecule has 0 heterocycles. The third-order valence-electron chi connectivity index (χ3n) is 2.83. The third-order valence-corrected chi connectivity index (χ3v) is 3.29. The fraction of sp³-hybridized carbons (Fsp3) is 0.462. The van der Waals surface area contributed by atoms with E-state index >= 15 is 0 Å². The first kappa shape index (κ1) is 14.3. The second-order valence-electron chi connectivity index (χ2n) is 4.46. The number of nitrogens with two attached hydrogens (primary N) is 1. The highest BCUT2D eigenvalue weighted by Crippen LogP contribution is 2.23. The molecule has 2 nitrogen and oxygen atoms in total. The van der Waals surface area contributed by atoms with Crippen molar-refractivity contribution in [1.29, 1.82) is 0 Å². The molecule has 1 aromatic rings. The minimum Gasteiger partial charge on any atom is -0.389 e. The van der Waals surface area contributed by atoms with Crippen molar-refractivity contribution in [3.8, 4) is 0 Å². The summed E-state index contributed by atoms with van der Waals surface area (Å²) >= 11 is 11.0. The number of hydrogen-bond acceptors (Lipinski definition) is 2. The van der Waals surface area contributed by atoms with Gasteiger partial charge >= 0.3 is 0 Å². The summed E-state index contributed by atoms with van der Waals surface area (Å²) in [6.45, 7) is 6.53. The molecule has 0 spiro atoms. The first-order valence-electron chi connectivity index (χ1n) is 5.81. The van der Waals surface area contributed by atoms with Crippen molar-refractivity contribution in [3.05, 3.63) is 28.8 Å². The van der Waals surface area contributed by atoms with E-state index in [0.29, 0.717) is 22.0 Å². The Labute approximate surface area is 114 Å². The largest absolute Gasteiger partial charge is 0.389 e. The lowest BCUT2D eigenvalue weighted by Gasteiger charge is -2.23. The van der Waals surface area contributed by atoms with Crippen LogP contribution >= 0.6 is 23.8 Å². The zero-order valence-corrected chi connectivity index (χ0v) is 12.0. The Bertz CT molecular complexity index is 404. The number of thiocarbonyl (C=S) groups is 1. The molecule has 94 valence electrons. The lowest BCUT2D eigenvalue weighted by atomic mass is 10.0. The van der Waals surface area contributed by atoms with Crippen molar-refractivity contribution in [1.82, 2.24) is 0 Å². The number of anilines is 1. The van der Waals surface area contributed by atoms with E-state index in [2.05, 4.69) is 26.1 Å². The smallest absolute Gasteiger partial charge is 0.106 e. The van der Waals surface area contributed by atoms with E-state index in [-0.39, 0.29) is 0 Å². The fourth-order valence-corrected chi connectivity index (χ4v) is 2.14. The standard InChI is InChI=1S/C13H19ClN2S/c1-4-11(8(2)3)16-12-7-9(14)5-6-10(12)13(15)17/h5-8,11,16H,4H2,1-3H3,(H2,15,17). The van der Waals surface area contributed by atoms with Crippen LogP contribution in [-0.2, 0) is 0 Å². The maximum Gasteiger partial charge on any atom is 0.106 e. The summed E-state index contributed by atoms with van der Waals surface area (Å²) in [4.78, 5) is 0.391. The average Bonchev–Trinajstić information content (AvgIpc) is 2.25. The van der Waals surface area contributed by atoms with Gasteiger partial charge in [0.1, 0.15) is 4.99 Å². The molecule has 1 aromatic carbocycles. The number of rotatable bonds is 5. The highest BCUT2D eigenvalue weighted by Gasteiger charge is 2.13. The Morgan fingerprint density at radius 2 is 2.12 bits per heavy atom. The van der Waals surface area contributed by atoms with Gasteiger partial charge in [0.2, 0.25) is 0 Å². The number of halogens is 1. The topological polar surface area (TPSA) is 38.0 Å². The molecule has 0 aliphatic rings. The molecule has 1 rings (SSSR count). The van der Waals surface area contributed by atoms with Gasteiger partial charge in [-0.25, -0.2) is 0 Å². The van der Waals surface area contributed by atoms with E-state index in [1.54, 1.807) is 6.07 Å². The van der Waals surface area contributed by atoms with Crippen LogP contribution in [0.5, 0.6) is 0 Å². The van der Waals surface area contributed by atoms with Crippen LogP contribution in [0.4, 0.5) is 5.69 Å². The molecular weight excluding hydrogens is 252 g/mol. The van der Waals surface area contributed by atoms with E-state index in [4.69, 9.17) is 29.6 Å². The summed E-state index contributed by atoms with van der Waals surface area (Å²) < 4.78 is 0. The summed E-state index contributed by atoms with van der Waals surface area (Å²) in [6, 6.07) is 5.93. The quantitative estimate of drug-likeness (QED) is 0.799. The first-order chi connectivity index (χ1) is 7.95. The summed E-state index contributed by atoms with van der Waals surface area (Å²) in [5, 5.41) is 4.15. The van der Waals surface area contributed by atoms with Gasteiger partial charge in [-0.15, -0.1) is 0 Å². The van der Waals surface area contributed by atoms with Crippen LogP contribution in [0.15, 0.2) is 18.2 Å². The predicted molar refractivity (Wildman–Crippen MR) is 79.9 cm³/mol. The lowest BCUT2D eigenvalue weighted by Crippen LogP contribution is -2.26. The van der Waals surface area contributed by atoms with Gasteiger partial charge in [0, 0.05) is 22.3 Å². The van der Waals surface area contributed by atoms with Gasteiger partial charge in [-0.2, -0.15) is 0 Å². The van der Waals surface area contributed by atoms with Gasteiger partial charge in [-0.1, -0.05) is 44.6 Å². The van der Waals surface area contributed by atoms with Gasteiger partial charge in [0.05, 0.1) is 0 Å². The Morgan fingerprint density at radius 1 is 1.47 bits per heavy atom. The molecule has 0 amide bonds. The van der Waals surface area contributed by atoms with Crippen LogP contribution < -0.4 is 11.1 Å². The van der Waals surface area contributed by atoms with Crippen LogP contribution in [0.2, 0.25) is 5.02 Å². The molecule has 0 saturated carbocycles. The van der Waals surface area contributed by atoms with E-state index in [1.807, 2.05) is 12.1 Å². The SMILES string of the molecule is CCC(Nc1cc(Cl)ccc1C(N)=S)C(C)C. The zero-order chi connectivity index (χ0) is 13.0. The molecule has 4 heteroatoms. The Hall–Kier alpha value is -0.800. The van der Waals surface area contributed by atoms with Crippen LogP contribution in [0.1, 0.15) is 32.8 Å². The number of nitrogens with one attached hydrogen (secondary N) is 1. The minimum atomic E-state index is 0.390. The van der Waals surface area contributed by atoms with Crippen LogP contribution in [0, 0.1) is 5.92 Å². The molecule has 0 aromatic heterocycles. The molecule has 1 atom stereocenters. The summed E-state index contributed by atoms with van der Waals surface area (Å²) in [7, 11) is 0. The maximum atomic E-state index is 6.00. The van der Waals surface area contributed by atoms with Gasteiger partial charge < -0.3 is 11.1 Å². The molecule has 17 heavy (non-hydrogen) atoms. The first-order valence-corrected chi connectivity index (χ1v) is 6.60. The molecule has 0 bridgehead atoms. The molecule has 0 radical (unpaired) electrons. The van der Waals surface area contributed by atoms with Crippen molar-refractivity contribution in [2.45, 2.75) is 33.2 Å². The van der Waals surface area contributed by atoms with E-state index in [0.717, 1.165) is 17.7 Å². The van der Waals surface area contributed by atoms with Crippen LogP contribution in [-0.4, -0.2) is 11.0 Å². The Balaban J connectivity index is 3.03. The van der Waals surface area contributed by atoms with E-state index < -0.39 is 0 Å². The highest BCUT2D eigenvalue weighted by atomic mass is 35.5. The summed E-state index contributed by atoms with van der Waals surface area (Å²) in [5.41, 5.74) is 7.48. The molecule has 0 saturated heterocycles. The van der Waals surface area contributed by atoms with E-state index in [1.165, 1.54) is 0 Å². The second kappa shape index (κ2) is 6.22. The van der Waals surface area contributed by atoms with Gasteiger partial charge in [-0.05, 0) is 30.5 Å². The Kier molecular flexibility index (Phi) is 5.22. The molecule has 1 unspecified atom stereocenters. The predicted octanol–water partition coefficient (Wildman–Crippen LogP) is 3.82. The Morgan fingerprint density at radius 3 is 2.59 bits per heavy atom. The molecular formula is C13H19ClN2S. The third kappa shape index (κ3) is 3.86. The van der Waals surface area contributed by atoms with Crippen LogP contribution in [0.3, 0.4) is 0 Å². The number of benzene rings is 1. The van der Waals surface area contributed by atoms with Gasteiger partial charge in [-0.3, -0.25) is 0 Å². The van der Waals surface area contributed by atoms with E-state index in [9.17, 15) is 0 Å². The van der Waals surface area contributed by atoms with Crippen molar-refractivity contribution in [2.75, 3.05) is 5.32 Å². The molecule has 3 N–H and O–H groups in total. The maximum absolute atomic E-state index is 6.00. The van der Waals surface area contributed by atoms with Gasteiger partial charge in [0.15, 0.2) is 0 Å². The summed E-state index contributed by atoms with van der Waals surface area (Å²) in [5.74, 6) is 0.540. The molecule has 0 aliphatic heterocycles. The van der Waals surface area contributed by atoms with Crippen molar-refractivity contribution in [3.63, 3.8) is 0 Å². The van der Waals surface area contributed by atoms with Crippen molar-refractivity contribution < 1.29 is 0 Å². The average molecular weight is 271 g/mol. The second-order valence-corrected chi connectivity index (χ2v) is 5.33. The lowest BCUT2D eigenvalue weighted by molar-refractivity contribution is 0.511. The van der Waals surface area contributed by atoms with Crippen LogP contribution in [0.25, 0.3) is 0 Å². The molecule has 0 aliphatic carbocycles. The minimum absolute atomic E-state index is 0.390. The zero-order valence-electron chi connectivity index (χ0n) is 10.5.